The summed E-state index contributed by atoms with van der Waals surface area (Å²) < 4.78 is 0.825. The Hall–Kier alpha value is -1.77. The molecule has 2 aromatic rings. The fourth-order valence-corrected chi connectivity index (χ4v) is 4.03. The zero-order valence-corrected chi connectivity index (χ0v) is 14.7. The second-order valence-electron chi connectivity index (χ2n) is 5.98. The Morgan fingerprint density at radius 1 is 1.27 bits per heavy atom. The lowest BCUT2D eigenvalue weighted by atomic mass is 9.86. The molecule has 3 nitrogen and oxygen atoms in total. The molecule has 0 saturated heterocycles. The Bertz CT molecular complexity index is 747. The quantitative estimate of drug-likeness (QED) is 0.848. The van der Waals surface area contributed by atoms with E-state index in [0.29, 0.717) is 16.0 Å². The molecule has 5 heteroatoms. The molecule has 0 spiro atoms. The minimum Gasteiger partial charge on any atom is -0.365 e. The van der Waals surface area contributed by atoms with Crippen LogP contribution in [-0.2, 0) is 5.41 Å². The predicted molar refractivity (Wildman–Crippen MR) is 93.5 cm³/mol. The van der Waals surface area contributed by atoms with Crippen LogP contribution in [0.4, 0.5) is 0 Å². The molecule has 0 aliphatic rings. The van der Waals surface area contributed by atoms with Crippen molar-refractivity contribution >= 4 is 29.0 Å². The molecule has 0 unspecified atom stereocenters. The number of thiophene rings is 1. The van der Waals surface area contributed by atoms with Gasteiger partial charge in [0.25, 0.3) is 5.91 Å². The lowest BCUT2D eigenvalue weighted by molar-refractivity contribution is 0.100. The van der Waals surface area contributed by atoms with Crippen LogP contribution in [0, 0.1) is 11.3 Å². The minimum absolute atomic E-state index is 0.0577. The van der Waals surface area contributed by atoms with E-state index in [4.69, 9.17) is 5.73 Å². The van der Waals surface area contributed by atoms with Gasteiger partial charge in [-0.15, -0.1) is 23.1 Å². The Kier molecular flexibility index (Phi) is 4.64. The highest BCUT2D eigenvalue weighted by atomic mass is 32.2. The Morgan fingerprint density at radius 2 is 1.86 bits per heavy atom. The molecular weight excluding hydrogens is 312 g/mol. The Labute approximate surface area is 139 Å². The number of hydrogen-bond donors (Lipinski definition) is 1. The molecule has 0 radical (unpaired) electrons. The molecule has 0 fully saturated rings. The second kappa shape index (κ2) is 6.15. The first-order valence-corrected chi connectivity index (χ1v) is 8.85. The molecule has 0 aliphatic carbocycles. The summed E-state index contributed by atoms with van der Waals surface area (Å²) >= 11 is 2.75. The van der Waals surface area contributed by atoms with Gasteiger partial charge in [0.1, 0.15) is 10.9 Å². The number of rotatable bonds is 3. The Morgan fingerprint density at radius 3 is 2.27 bits per heavy atom. The Balaban J connectivity index is 2.64. The number of benzene rings is 1. The third-order valence-corrected chi connectivity index (χ3v) is 5.76. The number of carbonyl (C=O) groups is 1. The van der Waals surface area contributed by atoms with Crippen molar-refractivity contribution in [1.82, 2.24) is 0 Å². The van der Waals surface area contributed by atoms with Crippen molar-refractivity contribution in [2.75, 3.05) is 6.26 Å². The molecule has 1 heterocycles. The number of amides is 1. The van der Waals surface area contributed by atoms with Crippen LogP contribution in [0.15, 0.2) is 28.5 Å². The number of nitrogens with zero attached hydrogens (tertiary/aromatic N) is 1. The van der Waals surface area contributed by atoms with Gasteiger partial charge in [0.2, 0.25) is 0 Å². The molecule has 2 rings (SSSR count). The van der Waals surface area contributed by atoms with Crippen LogP contribution in [0.25, 0.3) is 11.1 Å². The van der Waals surface area contributed by atoms with Crippen molar-refractivity contribution in [2.45, 2.75) is 30.4 Å². The molecule has 1 aromatic heterocycles. The smallest absolute Gasteiger partial charge is 0.259 e. The van der Waals surface area contributed by atoms with Gasteiger partial charge in [-0.1, -0.05) is 45.0 Å². The van der Waals surface area contributed by atoms with Gasteiger partial charge in [0.15, 0.2) is 0 Å². The average molecular weight is 330 g/mol. The molecule has 22 heavy (non-hydrogen) atoms. The SMILES string of the molecule is CSc1sc(C(N)=O)c(-c2ccc(C(C)(C)C)cc2)c1C#N. The summed E-state index contributed by atoms with van der Waals surface area (Å²) in [5.74, 6) is -0.489. The van der Waals surface area contributed by atoms with Crippen LogP contribution in [0.1, 0.15) is 41.6 Å². The molecule has 0 bridgehead atoms. The maximum atomic E-state index is 11.7. The third-order valence-electron chi connectivity index (χ3n) is 3.44. The maximum Gasteiger partial charge on any atom is 0.259 e. The highest BCUT2D eigenvalue weighted by Crippen LogP contribution is 2.41. The van der Waals surface area contributed by atoms with E-state index in [1.807, 2.05) is 30.5 Å². The van der Waals surface area contributed by atoms with E-state index in [2.05, 4.69) is 26.8 Å². The van der Waals surface area contributed by atoms with Gasteiger partial charge in [-0.25, -0.2) is 0 Å². The first-order chi connectivity index (χ1) is 10.3. The number of carbonyl (C=O) groups excluding carboxylic acids is 1. The van der Waals surface area contributed by atoms with E-state index >= 15 is 0 Å². The van der Waals surface area contributed by atoms with Gasteiger partial charge in [-0.05, 0) is 22.8 Å². The molecular formula is C17H18N2OS2. The molecule has 1 amide bonds. The molecule has 0 saturated carbocycles. The van der Waals surface area contributed by atoms with Crippen molar-refractivity contribution in [3.8, 4) is 17.2 Å². The number of nitrogens with two attached hydrogens (primary N) is 1. The van der Waals surface area contributed by atoms with Gasteiger partial charge in [0, 0.05) is 5.56 Å². The summed E-state index contributed by atoms with van der Waals surface area (Å²) in [5.41, 5.74) is 8.81. The predicted octanol–water partition coefficient (Wildman–Crippen LogP) is 4.41. The van der Waals surface area contributed by atoms with Crippen LogP contribution in [0.2, 0.25) is 0 Å². The van der Waals surface area contributed by atoms with Gasteiger partial charge in [0.05, 0.1) is 9.77 Å². The van der Waals surface area contributed by atoms with Gasteiger partial charge in [-0.3, -0.25) is 4.79 Å². The first-order valence-electron chi connectivity index (χ1n) is 6.81. The number of thioether (sulfide) groups is 1. The fraction of sp³-hybridized carbons (Fsp3) is 0.294. The first kappa shape index (κ1) is 16.6. The van der Waals surface area contributed by atoms with Crippen molar-refractivity contribution in [1.29, 1.82) is 5.26 Å². The number of primary amides is 1. The lowest BCUT2D eigenvalue weighted by Gasteiger charge is -2.19. The van der Waals surface area contributed by atoms with E-state index in [1.54, 1.807) is 0 Å². The van der Waals surface area contributed by atoms with E-state index in [9.17, 15) is 10.1 Å². The molecule has 0 aliphatic heterocycles. The van der Waals surface area contributed by atoms with Crippen LogP contribution in [-0.4, -0.2) is 12.2 Å². The van der Waals surface area contributed by atoms with Crippen molar-refractivity contribution in [3.63, 3.8) is 0 Å². The summed E-state index contributed by atoms with van der Waals surface area (Å²) in [4.78, 5) is 12.2. The van der Waals surface area contributed by atoms with E-state index in [0.717, 1.165) is 9.77 Å². The van der Waals surface area contributed by atoms with E-state index in [-0.39, 0.29) is 5.41 Å². The van der Waals surface area contributed by atoms with Gasteiger partial charge in [-0.2, -0.15) is 5.26 Å². The average Bonchev–Trinajstić information content (AvgIpc) is 2.85. The monoisotopic (exact) mass is 330 g/mol. The maximum absolute atomic E-state index is 11.7. The fourth-order valence-electron chi connectivity index (χ4n) is 2.24. The topological polar surface area (TPSA) is 66.9 Å². The molecule has 2 N–H and O–H groups in total. The van der Waals surface area contributed by atoms with Crippen LogP contribution in [0.3, 0.4) is 0 Å². The second-order valence-corrected chi connectivity index (χ2v) is 8.07. The number of nitriles is 1. The zero-order chi connectivity index (χ0) is 16.5. The standard InChI is InChI=1S/C17H18N2OS2/c1-17(2,3)11-7-5-10(6-8-11)13-12(9-18)16(21-4)22-14(13)15(19)20/h5-8H,1-4H3,(H2,19,20). The highest BCUT2D eigenvalue weighted by Gasteiger charge is 2.23. The lowest BCUT2D eigenvalue weighted by Crippen LogP contribution is -2.11. The zero-order valence-electron chi connectivity index (χ0n) is 13.1. The summed E-state index contributed by atoms with van der Waals surface area (Å²) in [7, 11) is 0. The van der Waals surface area contributed by atoms with Crippen LogP contribution in [0.5, 0.6) is 0 Å². The summed E-state index contributed by atoms with van der Waals surface area (Å²) in [6, 6.07) is 10.2. The van der Waals surface area contributed by atoms with Crippen molar-refractivity contribution in [3.05, 3.63) is 40.3 Å². The molecule has 114 valence electrons. The van der Waals surface area contributed by atoms with Gasteiger partial charge < -0.3 is 5.73 Å². The molecule has 0 atom stereocenters. The highest BCUT2D eigenvalue weighted by molar-refractivity contribution is 8.00. The summed E-state index contributed by atoms with van der Waals surface area (Å²) in [6.45, 7) is 6.44. The van der Waals surface area contributed by atoms with E-state index < -0.39 is 5.91 Å². The van der Waals surface area contributed by atoms with Crippen LogP contribution >= 0.6 is 23.1 Å². The van der Waals surface area contributed by atoms with Crippen LogP contribution < -0.4 is 5.73 Å². The van der Waals surface area contributed by atoms with Crippen molar-refractivity contribution in [2.24, 2.45) is 5.73 Å². The van der Waals surface area contributed by atoms with Crippen molar-refractivity contribution < 1.29 is 4.79 Å². The van der Waals surface area contributed by atoms with Gasteiger partial charge >= 0.3 is 0 Å². The summed E-state index contributed by atoms with van der Waals surface area (Å²) in [5, 5.41) is 9.46. The third kappa shape index (κ3) is 3.03. The normalized spacial score (nSPS) is 11.2. The number of hydrogen-bond acceptors (Lipinski definition) is 4. The largest absolute Gasteiger partial charge is 0.365 e. The molecule has 1 aromatic carbocycles. The summed E-state index contributed by atoms with van der Waals surface area (Å²) in [6.07, 6.45) is 1.89. The minimum atomic E-state index is -0.489. The van der Waals surface area contributed by atoms with E-state index in [1.165, 1.54) is 28.7 Å².